The number of nitrogens with zero attached hydrogens (tertiary/aromatic N) is 1. The Balaban J connectivity index is 1.75. The molecule has 4 nitrogen and oxygen atoms in total. The van der Waals surface area contributed by atoms with Gasteiger partial charge in [-0.05, 0) is 58.0 Å². The van der Waals surface area contributed by atoms with Gasteiger partial charge in [-0.15, -0.1) is 0 Å². The van der Waals surface area contributed by atoms with E-state index in [9.17, 15) is 4.79 Å². The quantitative estimate of drug-likeness (QED) is 0.767. The molecule has 3 fully saturated rings. The fourth-order valence-electron chi connectivity index (χ4n) is 3.73. The molecule has 108 valence electrons. The lowest BCUT2D eigenvalue weighted by Crippen LogP contribution is -2.61. The standard InChI is InChI=1S/C15H26N2O2/c1-2-19-14(18)15(16-11-12-6-7-12)8-10-17-9-4-3-5-13(15)17/h12-13,16H,2-11H2,1H3. The molecule has 1 N–H and O–H groups in total. The average Bonchev–Trinajstić information content (AvgIpc) is 3.18. The number of carbonyl (C=O) groups excluding carboxylic acids is 1. The SMILES string of the molecule is CCOC(=O)C1(NCC2CC2)CCN2CCCCC21. The van der Waals surface area contributed by atoms with Gasteiger partial charge in [-0.3, -0.25) is 4.90 Å². The maximum Gasteiger partial charge on any atom is 0.328 e. The molecule has 1 saturated carbocycles. The predicted octanol–water partition coefficient (Wildman–Crippen LogP) is 1.55. The molecule has 2 atom stereocenters. The number of piperidine rings is 1. The van der Waals surface area contributed by atoms with Crippen molar-refractivity contribution in [3.63, 3.8) is 0 Å². The van der Waals surface area contributed by atoms with Crippen LogP contribution in [0.3, 0.4) is 0 Å². The van der Waals surface area contributed by atoms with E-state index in [2.05, 4.69) is 10.2 Å². The fraction of sp³-hybridized carbons (Fsp3) is 0.933. The summed E-state index contributed by atoms with van der Waals surface area (Å²) in [6.07, 6.45) is 7.21. The molecule has 0 aromatic rings. The van der Waals surface area contributed by atoms with Gasteiger partial charge in [0.05, 0.1) is 6.61 Å². The van der Waals surface area contributed by atoms with E-state index in [1.54, 1.807) is 0 Å². The lowest BCUT2D eigenvalue weighted by molar-refractivity contribution is -0.153. The molecular formula is C15H26N2O2. The Kier molecular flexibility index (Phi) is 3.81. The first kappa shape index (κ1) is 13.4. The van der Waals surface area contributed by atoms with Crippen molar-refractivity contribution in [3.05, 3.63) is 0 Å². The number of nitrogens with one attached hydrogen (secondary N) is 1. The van der Waals surface area contributed by atoms with Gasteiger partial charge in [0.2, 0.25) is 0 Å². The molecule has 0 radical (unpaired) electrons. The Morgan fingerprint density at radius 1 is 1.32 bits per heavy atom. The Hall–Kier alpha value is -0.610. The smallest absolute Gasteiger partial charge is 0.328 e. The molecule has 3 aliphatic rings. The van der Waals surface area contributed by atoms with Crippen molar-refractivity contribution in [3.8, 4) is 0 Å². The molecule has 2 unspecified atom stereocenters. The number of fused-ring (bicyclic) bond motifs is 1. The molecule has 0 bridgehead atoms. The Morgan fingerprint density at radius 2 is 2.16 bits per heavy atom. The van der Waals surface area contributed by atoms with Gasteiger partial charge >= 0.3 is 5.97 Å². The molecule has 0 aromatic carbocycles. The largest absolute Gasteiger partial charge is 0.465 e. The molecule has 2 saturated heterocycles. The van der Waals surface area contributed by atoms with E-state index < -0.39 is 5.54 Å². The van der Waals surface area contributed by atoms with Crippen molar-refractivity contribution in [1.29, 1.82) is 0 Å². The van der Waals surface area contributed by atoms with Gasteiger partial charge in [0, 0.05) is 12.6 Å². The van der Waals surface area contributed by atoms with Crippen LogP contribution in [0.4, 0.5) is 0 Å². The number of carbonyl (C=O) groups is 1. The van der Waals surface area contributed by atoms with Crippen LogP contribution in [0.25, 0.3) is 0 Å². The average molecular weight is 266 g/mol. The number of ether oxygens (including phenoxy) is 1. The Morgan fingerprint density at radius 3 is 2.89 bits per heavy atom. The number of rotatable bonds is 5. The van der Waals surface area contributed by atoms with Crippen molar-refractivity contribution in [2.45, 2.75) is 57.0 Å². The summed E-state index contributed by atoms with van der Waals surface area (Å²) in [5.41, 5.74) is -0.418. The van der Waals surface area contributed by atoms with Crippen LogP contribution in [-0.4, -0.2) is 48.7 Å². The summed E-state index contributed by atoms with van der Waals surface area (Å²) in [7, 11) is 0. The summed E-state index contributed by atoms with van der Waals surface area (Å²) in [4.78, 5) is 15.0. The Labute approximate surface area is 115 Å². The first-order valence-corrected chi connectivity index (χ1v) is 7.92. The lowest BCUT2D eigenvalue weighted by atomic mass is 9.85. The van der Waals surface area contributed by atoms with Crippen molar-refractivity contribution in [2.75, 3.05) is 26.2 Å². The summed E-state index contributed by atoms with van der Waals surface area (Å²) >= 11 is 0. The van der Waals surface area contributed by atoms with Crippen LogP contribution in [0, 0.1) is 5.92 Å². The van der Waals surface area contributed by atoms with Gasteiger partial charge in [0.25, 0.3) is 0 Å². The molecule has 0 aromatic heterocycles. The molecule has 19 heavy (non-hydrogen) atoms. The van der Waals surface area contributed by atoms with E-state index in [0.717, 1.165) is 38.4 Å². The van der Waals surface area contributed by atoms with E-state index in [1.165, 1.54) is 25.7 Å². The highest BCUT2D eigenvalue weighted by Crippen LogP contribution is 2.37. The minimum absolute atomic E-state index is 0.00921. The maximum absolute atomic E-state index is 12.5. The third kappa shape index (κ3) is 2.52. The van der Waals surface area contributed by atoms with Gasteiger partial charge in [0.15, 0.2) is 0 Å². The highest BCUT2D eigenvalue weighted by molar-refractivity contribution is 5.82. The normalized spacial score (nSPS) is 35.1. The fourth-order valence-corrected chi connectivity index (χ4v) is 3.73. The third-order valence-electron chi connectivity index (χ3n) is 5.02. The molecule has 3 rings (SSSR count). The highest BCUT2D eigenvalue weighted by atomic mass is 16.5. The zero-order valence-electron chi connectivity index (χ0n) is 12.0. The second-order valence-corrected chi connectivity index (χ2v) is 6.31. The second kappa shape index (κ2) is 5.41. The van der Waals surface area contributed by atoms with Crippen LogP contribution in [0.5, 0.6) is 0 Å². The van der Waals surface area contributed by atoms with Crippen LogP contribution < -0.4 is 5.32 Å². The van der Waals surface area contributed by atoms with E-state index in [0.29, 0.717) is 12.6 Å². The van der Waals surface area contributed by atoms with Gasteiger partial charge < -0.3 is 10.1 Å². The zero-order valence-corrected chi connectivity index (χ0v) is 12.0. The third-order valence-corrected chi connectivity index (χ3v) is 5.02. The van der Waals surface area contributed by atoms with Crippen molar-refractivity contribution in [1.82, 2.24) is 10.2 Å². The molecular weight excluding hydrogens is 240 g/mol. The second-order valence-electron chi connectivity index (χ2n) is 6.31. The van der Waals surface area contributed by atoms with Gasteiger partial charge in [-0.2, -0.15) is 0 Å². The van der Waals surface area contributed by atoms with E-state index in [1.807, 2.05) is 6.92 Å². The van der Waals surface area contributed by atoms with Crippen LogP contribution in [0.15, 0.2) is 0 Å². The molecule has 4 heteroatoms. The van der Waals surface area contributed by atoms with E-state index in [-0.39, 0.29) is 5.97 Å². The molecule has 1 aliphatic carbocycles. The molecule has 2 heterocycles. The monoisotopic (exact) mass is 266 g/mol. The maximum atomic E-state index is 12.5. The lowest BCUT2D eigenvalue weighted by Gasteiger charge is -2.39. The summed E-state index contributed by atoms with van der Waals surface area (Å²) in [5.74, 6) is 0.786. The van der Waals surface area contributed by atoms with Crippen LogP contribution in [0.2, 0.25) is 0 Å². The van der Waals surface area contributed by atoms with Crippen LogP contribution in [0.1, 0.15) is 45.4 Å². The van der Waals surface area contributed by atoms with Gasteiger partial charge in [-0.25, -0.2) is 4.79 Å². The van der Waals surface area contributed by atoms with E-state index >= 15 is 0 Å². The number of hydrogen-bond acceptors (Lipinski definition) is 4. The zero-order chi connectivity index (χ0) is 13.3. The summed E-state index contributed by atoms with van der Waals surface area (Å²) in [6.45, 7) is 5.57. The van der Waals surface area contributed by atoms with Crippen molar-refractivity contribution >= 4 is 5.97 Å². The van der Waals surface area contributed by atoms with Crippen molar-refractivity contribution < 1.29 is 9.53 Å². The van der Waals surface area contributed by atoms with Crippen LogP contribution in [-0.2, 0) is 9.53 Å². The number of hydrogen-bond donors (Lipinski definition) is 1. The van der Waals surface area contributed by atoms with Gasteiger partial charge in [-0.1, -0.05) is 6.42 Å². The Bertz CT molecular complexity index is 343. The molecule has 2 aliphatic heterocycles. The topological polar surface area (TPSA) is 41.6 Å². The minimum Gasteiger partial charge on any atom is -0.465 e. The molecule has 0 amide bonds. The summed E-state index contributed by atoms with van der Waals surface area (Å²) < 4.78 is 5.40. The van der Waals surface area contributed by atoms with Gasteiger partial charge in [0.1, 0.15) is 5.54 Å². The predicted molar refractivity (Wildman–Crippen MR) is 73.9 cm³/mol. The van der Waals surface area contributed by atoms with Crippen LogP contribution >= 0.6 is 0 Å². The van der Waals surface area contributed by atoms with Crippen molar-refractivity contribution in [2.24, 2.45) is 5.92 Å². The summed E-state index contributed by atoms with van der Waals surface area (Å²) in [5, 5.41) is 3.62. The first-order chi connectivity index (χ1) is 9.26. The minimum atomic E-state index is -0.418. The summed E-state index contributed by atoms with van der Waals surface area (Å²) in [6, 6.07) is 0.360. The first-order valence-electron chi connectivity index (χ1n) is 7.92. The van der Waals surface area contributed by atoms with E-state index in [4.69, 9.17) is 4.74 Å². The molecule has 0 spiro atoms. The number of esters is 1. The highest BCUT2D eigenvalue weighted by Gasteiger charge is 2.54.